The number of halogens is 2. The summed E-state index contributed by atoms with van der Waals surface area (Å²) in [5, 5.41) is 10.3. The molecule has 4 aromatic rings. The van der Waals surface area contributed by atoms with Crippen molar-refractivity contribution in [1.82, 2.24) is 19.4 Å². The van der Waals surface area contributed by atoms with E-state index in [9.17, 15) is 18.8 Å². The fourth-order valence-corrected chi connectivity index (χ4v) is 5.26. The number of benzene rings is 2. The van der Waals surface area contributed by atoms with Crippen molar-refractivity contribution >= 4 is 22.8 Å². The van der Waals surface area contributed by atoms with E-state index in [1.165, 1.54) is 6.33 Å². The van der Waals surface area contributed by atoms with Crippen LogP contribution >= 0.6 is 0 Å². The highest BCUT2D eigenvalue weighted by atomic mass is 19.1. The molecule has 0 bridgehead atoms. The van der Waals surface area contributed by atoms with Crippen LogP contribution in [-0.2, 0) is 11.3 Å². The first-order valence-electron chi connectivity index (χ1n) is 13.2. The summed E-state index contributed by atoms with van der Waals surface area (Å²) in [6.45, 7) is 1.10. The smallest absolute Gasteiger partial charge is 0.264 e. The molecule has 1 aliphatic carbocycles. The second-order valence-corrected chi connectivity index (χ2v) is 10.2. The molecule has 0 spiro atoms. The Balaban J connectivity index is 1.28. The average Bonchev–Trinajstić information content (AvgIpc) is 3.51. The molecule has 1 unspecified atom stereocenters. The molecule has 6 rings (SSSR count). The number of allylic oxidation sites excluding steroid dienone is 1. The lowest BCUT2D eigenvalue weighted by atomic mass is 10.1. The first kappa shape index (κ1) is 25.5. The number of fused-ring (bicyclic) bond motifs is 1. The Kier molecular flexibility index (Phi) is 6.64. The molecule has 2 N–H and O–H groups in total. The number of likely N-dealkylation sites (tertiary alicyclic amines) is 1. The van der Waals surface area contributed by atoms with Crippen LogP contribution in [0.1, 0.15) is 25.7 Å². The molecule has 3 heterocycles. The first-order chi connectivity index (χ1) is 19.4. The zero-order valence-electron chi connectivity index (χ0n) is 21.6. The molecular formula is C30H26F2N6O2. The van der Waals surface area contributed by atoms with E-state index in [0.717, 1.165) is 55.0 Å². The molecule has 1 saturated carbocycles. The van der Waals surface area contributed by atoms with Gasteiger partial charge in [0.25, 0.3) is 5.91 Å². The maximum atomic E-state index is 13.5. The minimum Gasteiger partial charge on any atom is -0.457 e. The van der Waals surface area contributed by atoms with Gasteiger partial charge in [0.05, 0.1) is 11.4 Å². The van der Waals surface area contributed by atoms with Crippen molar-refractivity contribution in [1.29, 1.82) is 5.26 Å². The Bertz CT molecular complexity index is 1650. The number of anilines is 1. The number of nitriles is 1. The van der Waals surface area contributed by atoms with E-state index >= 15 is 0 Å². The summed E-state index contributed by atoms with van der Waals surface area (Å²) in [4.78, 5) is 23.7. The Hall–Kier alpha value is -4.78. The largest absolute Gasteiger partial charge is 0.457 e. The van der Waals surface area contributed by atoms with E-state index < -0.39 is 11.6 Å². The van der Waals surface area contributed by atoms with Crippen LogP contribution in [0.15, 0.2) is 66.6 Å². The highest BCUT2D eigenvalue weighted by Gasteiger charge is 2.33. The Morgan fingerprint density at radius 3 is 2.55 bits per heavy atom. The van der Waals surface area contributed by atoms with Gasteiger partial charge in [0.1, 0.15) is 52.6 Å². The Morgan fingerprint density at radius 1 is 1.10 bits per heavy atom. The number of aromatic nitrogens is 3. The van der Waals surface area contributed by atoms with E-state index in [-0.39, 0.29) is 23.3 Å². The quantitative estimate of drug-likeness (QED) is 0.241. The minimum absolute atomic E-state index is 0.0571. The summed E-state index contributed by atoms with van der Waals surface area (Å²) < 4.78 is 34.7. The average molecular weight is 541 g/mol. The third kappa shape index (κ3) is 5.10. The molecule has 10 heteroatoms. The molecule has 2 aliphatic rings. The predicted octanol–water partition coefficient (Wildman–Crippen LogP) is 5.60. The number of ether oxygens (including phenoxy) is 1. The fourth-order valence-electron chi connectivity index (χ4n) is 5.26. The third-order valence-electron chi connectivity index (χ3n) is 7.34. The monoisotopic (exact) mass is 540 g/mol. The second-order valence-electron chi connectivity index (χ2n) is 10.2. The molecule has 1 amide bonds. The molecular weight excluding hydrogens is 514 g/mol. The van der Waals surface area contributed by atoms with Gasteiger partial charge in [-0.3, -0.25) is 4.79 Å². The van der Waals surface area contributed by atoms with Gasteiger partial charge in [0, 0.05) is 43.0 Å². The fraction of sp³-hybridized carbons (Fsp3) is 0.267. The lowest BCUT2D eigenvalue weighted by molar-refractivity contribution is -0.127. The van der Waals surface area contributed by atoms with Crippen LogP contribution in [0.3, 0.4) is 0 Å². The van der Waals surface area contributed by atoms with Gasteiger partial charge in [-0.25, -0.2) is 18.7 Å². The number of hydrogen-bond donors (Lipinski definition) is 1. The van der Waals surface area contributed by atoms with Gasteiger partial charge in [-0.2, -0.15) is 5.26 Å². The van der Waals surface area contributed by atoms with Crippen LogP contribution in [0.4, 0.5) is 14.6 Å². The van der Waals surface area contributed by atoms with E-state index in [2.05, 4.69) is 16.0 Å². The molecule has 40 heavy (non-hydrogen) atoms. The number of carbonyl (C=O) groups is 1. The predicted molar refractivity (Wildman–Crippen MR) is 145 cm³/mol. The van der Waals surface area contributed by atoms with Crippen molar-refractivity contribution in [2.75, 3.05) is 12.3 Å². The van der Waals surface area contributed by atoms with Crippen LogP contribution in [0, 0.1) is 28.9 Å². The summed E-state index contributed by atoms with van der Waals surface area (Å²) in [6.07, 6.45) is 8.90. The van der Waals surface area contributed by atoms with E-state index in [1.807, 2.05) is 29.0 Å². The van der Waals surface area contributed by atoms with Gasteiger partial charge in [-0.1, -0.05) is 18.2 Å². The molecule has 2 aromatic carbocycles. The van der Waals surface area contributed by atoms with Gasteiger partial charge in [-0.15, -0.1) is 0 Å². The second kappa shape index (κ2) is 10.4. The Morgan fingerprint density at radius 2 is 1.85 bits per heavy atom. The van der Waals surface area contributed by atoms with Crippen molar-refractivity contribution in [3.05, 3.63) is 78.3 Å². The van der Waals surface area contributed by atoms with Crippen molar-refractivity contribution < 1.29 is 18.3 Å². The molecule has 2 aromatic heterocycles. The zero-order valence-corrected chi connectivity index (χ0v) is 21.6. The summed E-state index contributed by atoms with van der Waals surface area (Å²) in [5.74, 6) is -0.525. The topological polar surface area (TPSA) is 110 Å². The molecule has 2 fully saturated rings. The lowest BCUT2D eigenvalue weighted by Gasteiger charge is -2.25. The molecule has 1 atom stereocenters. The van der Waals surface area contributed by atoms with Gasteiger partial charge in [0.15, 0.2) is 0 Å². The summed E-state index contributed by atoms with van der Waals surface area (Å²) in [6, 6.07) is 12.1. The Labute approximate surface area is 229 Å². The number of hydrogen-bond acceptors (Lipinski definition) is 6. The molecule has 8 nitrogen and oxygen atoms in total. The van der Waals surface area contributed by atoms with Crippen LogP contribution in [0.5, 0.6) is 11.5 Å². The standard InChI is InChI=1S/C30H26F2N6O2/c31-21-11-22(32)13-25(12-21)40-24-7-5-19(6-8-24)26-16-37(29-27(26)28(34)35-17-36-29)15-23-2-1-9-38(23)30(39)20(14-33)10-18-3-4-18/h5-8,10-13,16-18,23H,1-4,9,15H2,(H2,34,35,36). The normalized spacial score (nSPS) is 17.3. The van der Waals surface area contributed by atoms with E-state index in [4.69, 9.17) is 10.5 Å². The highest BCUT2D eigenvalue weighted by molar-refractivity contribution is 6.01. The third-order valence-corrected chi connectivity index (χ3v) is 7.34. The van der Waals surface area contributed by atoms with E-state index in [1.54, 1.807) is 17.0 Å². The highest BCUT2D eigenvalue weighted by Crippen LogP contribution is 2.36. The van der Waals surface area contributed by atoms with Crippen molar-refractivity contribution in [3.63, 3.8) is 0 Å². The number of amides is 1. The molecule has 1 aliphatic heterocycles. The van der Waals surface area contributed by atoms with Gasteiger partial charge in [-0.05, 0) is 49.3 Å². The van der Waals surface area contributed by atoms with Crippen LogP contribution in [0.2, 0.25) is 0 Å². The summed E-state index contributed by atoms with van der Waals surface area (Å²) >= 11 is 0. The minimum atomic E-state index is -0.722. The number of carbonyl (C=O) groups excluding carboxylic acids is 1. The number of nitrogens with zero attached hydrogens (tertiary/aromatic N) is 5. The first-order valence-corrected chi connectivity index (χ1v) is 13.2. The zero-order chi connectivity index (χ0) is 27.8. The maximum absolute atomic E-state index is 13.5. The molecule has 0 radical (unpaired) electrons. The number of nitrogens with two attached hydrogens (primary N) is 1. The van der Waals surface area contributed by atoms with Crippen LogP contribution in [-0.4, -0.2) is 37.9 Å². The van der Waals surface area contributed by atoms with Crippen molar-refractivity contribution in [2.45, 2.75) is 38.3 Å². The van der Waals surface area contributed by atoms with E-state index in [0.29, 0.717) is 41.6 Å². The lowest BCUT2D eigenvalue weighted by Crippen LogP contribution is -2.38. The SMILES string of the molecule is N#CC(=CC1CC1)C(=O)N1CCCC1Cn1cc(-c2ccc(Oc3cc(F)cc(F)c3)cc2)c2c(N)ncnc21. The van der Waals surface area contributed by atoms with Crippen LogP contribution in [0.25, 0.3) is 22.2 Å². The van der Waals surface area contributed by atoms with Crippen LogP contribution < -0.4 is 10.5 Å². The van der Waals surface area contributed by atoms with Crippen molar-refractivity contribution in [3.8, 4) is 28.7 Å². The maximum Gasteiger partial charge on any atom is 0.264 e. The van der Waals surface area contributed by atoms with Gasteiger partial charge < -0.3 is 19.9 Å². The molecule has 202 valence electrons. The summed E-state index contributed by atoms with van der Waals surface area (Å²) in [7, 11) is 0. The van der Waals surface area contributed by atoms with Crippen molar-refractivity contribution in [2.24, 2.45) is 5.92 Å². The van der Waals surface area contributed by atoms with Gasteiger partial charge >= 0.3 is 0 Å². The number of rotatable bonds is 7. The summed E-state index contributed by atoms with van der Waals surface area (Å²) in [5.41, 5.74) is 8.79. The number of nitrogen functional groups attached to an aromatic ring is 1. The molecule has 1 saturated heterocycles. The van der Waals surface area contributed by atoms with Gasteiger partial charge in [0.2, 0.25) is 0 Å².